The second-order valence-corrected chi connectivity index (χ2v) is 7.16. The van der Waals surface area contributed by atoms with Crippen molar-refractivity contribution in [2.45, 2.75) is 6.92 Å². The number of amides is 1. The number of aromatic amines is 1. The number of fused-ring (bicyclic) bond motifs is 1. The van der Waals surface area contributed by atoms with Crippen LogP contribution in [0.2, 0.25) is 0 Å². The number of aryl methyl sites for hydroxylation is 1. The van der Waals surface area contributed by atoms with E-state index in [2.05, 4.69) is 47.1 Å². The summed E-state index contributed by atoms with van der Waals surface area (Å²) in [4.78, 5) is 14.6. The van der Waals surface area contributed by atoms with Crippen molar-refractivity contribution in [3.05, 3.63) is 50.7 Å². The molecule has 3 rings (SSSR count). The molecule has 0 aliphatic heterocycles. The Bertz CT molecular complexity index is 1010. The van der Waals surface area contributed by atoms with Gasteiger partial charge in [0.25, 0.3) is 0 Å². The van der Waals surface area contributed by atoms with Gasteiger partial charge in [0.05, 0.1) is 14.5 Å². The fourth-order valence-corrected chi connectivity index (χ4v) is 3.97. The summed E-state index contributed by atoms with van der Waals surface area (Å²) in [6, 6.07) is 7.60. The Morgan fingerprint density at radius 2 is 1.96 bits per heavy atom. The zero-order valence-electron chi connectivity index (χ0n) is 13.4. The SMILES string of the molecule is Cc1cc(Br)c(OCC(=O)N=Nc2c(O)[nH]c3ccc(F)cc23)c(Br)c1. The van der Waals surface area contributed by atoms with Crippen molar-refractivity contribution in [2.24, 2.45) is 10.2 Å². The smallest absolute Gasteiger partial charge is 0.302 e. The van der Waals surface area contributed by atoms with Crippen molar-refractivity contribution in [1.29, 1.82) is 0 Å². The van der Waals surface area contributed by atoms with E-state index >= 15 is 0 Å². The third-order valence-corrected chi connectivity index (χ3v) is 4.64. The van der Waals surface area contributed by atoms with Gasteiger partial charge in [0.15, 0.2) is 12.3 Å². The molecule has 1 amide bonds. The summed E-state index contributed by atoms with van der Waals surface area (Å²) in [5, 5.41) is 17.4. The fourth-order valence-electron chi connectivity index (χ4n) is 2.33. The number of halogens is 3. The molecule has 0 atom stereocenters. The zero-order chi connectivity index (χ0) is 18.8. The van der Waals surface area contributed by atoms with E-state index in [-0.39, 0.29) is 18.2 Å². The molecule has 1 aromatic heterocycles. The molecule has 2 aromatic carbocycles. The number of nitrogens with one attached hydrogen (secondary N) is 1. The second kappa shape index (κ2) is 7.55. The molecule has 0 fully saturated rings. The summed E-state index contributed by atoms with van der Waals surface area (Å²) in [6.07, 6.45) is 0. The lowest BCUT2D eigenvalue weighted by Gasteiger charge is -2.09. The van der Waals surface area contributed by atoms with Gasteiger partial charge in [-0.2, -0.15) is 0 Å². The third kappa shape index (κ3) is 3.94. The van der Waals surface area contributed by atoms with E-state index in [0.29, 0.717) is 25.6 Å². The van der Waals surface area contributed by atoms with E-state index in [1.54, 1.807) is 0 Å². The van der Waals surface area contributed by atoms with E-state index in [1.807, 2.05) is 19.1 Å². The highest BCUT2D eigenvalue weighted by Gasteiger charge is 2.13. The van der Waals surface area contributed by atoms with Gasteiger partial charge in [-0.05, 0) is 74.7 Å². The van der Waals surface area contributed by atoms with Gasteiger partial charge in [0.2, 0.25) is 5.88 Å². The maximum absolute atomic E-state index is 13.4. The number of aromatic hydroxyl groups is 1. The second-order valence-electron chi connectivity index (χ2n) is 5.45. The van der Waals surface area contributed by atoms with Gasteiger partial charge in [-0.15, -0.1) is 10.2 Å². The van der Waals surface area contributed by atoms with E-state index in [4.69, 9.17) is 4.74 Å². The Labute approximate surface area is 164 Å². The number of nitrogens with zero attached hydrogens (tertiary/aromatic N) is 2. The number of carbonyl (C=O) groups is 1. The van der Waals surface area contributed by atoms with Gasteiger partial charge < -0.3 is 14.8 Å². The summed E-state index contributed by atoms with van der Waals surface area (Å²) in [5.74, 6) is -0.977. The predicted molar refractivity (Wildman–Crippen MR) is 102 cm³/mol. The molecule has 2 N–H and O–H groups in total. The Morgan fingerprint density at radius 1 is 1.27 bits per heavy atom. The predicted octanol–water partition coefficient (Wildman–Crippen LogP) is 5.54. The van der Waals surface area contributed by atoms with Crippen molar-refractivity contribution in [3.8, 4) is 11.6 Å². The average Bonchev–Trinajstić information content (AvgIpc) is 2.86. The molecule has 0 bridgehead atoms. The number of carbonyl (C=O) groups excluding carboxylic acids is 1. The molecule has 134 valence electrons. The van der Waals surface area contributed by atoms with Crippen LogP contribution in [0, 0.1) is 12.7 Å². The number of ether oxygens (including phenoxy) is 1. The van der Waals surface area contributed by atoms with Crippen LogP contribution in [-0.2, 0) is 4.79 Å². The van der Waals surface area contributed by atoms with Gasteiger partial charge >= 0.3 is 5.91 Å². The number of H-pyrrole nitrogens is 1. The van der Waals surface area contributed by atoms with Crippen molar-refractivity contribution < 1.29 is 19.0 Å². The van der Waals surface area contributed by atoms with Crippen LogP contribution in [0.5, 0.6) is 11.6 Å². The van der Waals surface area contributed by atoms with E-state index < -0.39 is 11.7 Å². The molecule has 1 heterocycles. The molecule has 3 aromatic rings. The largest absolute Gasteiger partial charge is 0.493 e. The van der Waals surface area contributed by atoms with Crippen molar-refractivity contribution in [3.63, 3.8) is 0 Å². The first-order valence-electron chi connectivity index (χ1n) is 7.38. The van der Waals surface area contributed by atoms with Crippen LogP contribution in [-0.4, -0.2) is 22.6 Å². The van der Waals surface area contributed by atoms with Crippen LogP contribution in [0.25, 0.3) is 10.9 Å². The highest BCUT2D eigenvalue weighted by atomic mass is 79.9. The molecule has 0 spiro atoms. The van der Waals surface area contributed by atoms with Gasteiger partial charge in [0.1, 0.15) is 11.6 Å². The molecule has 0 unspecified atom stereocenters. The van der Waals surface area contributed by atoms with Gasteiger partial charge in [-0.3, -0.25) is 4.79 Å². The molecular formula is C17H12Br2FN3O3. The molecule has 6 nitrogen and oxygen atoms in total. The Balaban J connectivity index is 1.75. The maximum atomic E-state index is 13.4. The summed E-state index contributed by atoms with van der Waals surface area (Å²) in [7, 11) is 0. The minimum Gasteiger partial charge on any atom is -0.493 e. The van der Waals surface area contributed by atoms with Crippen molar-refractivity contribution in [1.82, 2.24) is 4.98 Å². The number of hydrogen-bond acceptors (Lipinski definition) is 4. The fraction of sp³-hybridized carbons (Fsp3) is 0.118. The first-order valence-corrected chi connectivity index (χ1v) is 8.97. The Morgan fingerprint density at radius 3 is 2.65 bits per heavy atom. The molecule has 26 heavy (non-hydrogen) atoms. The molecular weight excluding hydrogens is 473 g/mol. The maximum Gasteiger partial charge on any atom is 0.302 e. The molecule has 0 aliphatic rings. The summed E-state index contributed by atoms with van der Waals surface area (Å²) < 4.78 is 20.2. The lowest BCUT2D eigenvalue weighted by atomic mass is 10.2. The van der Waals surface area contributed by atoms with Gasteiger partial charge in [-0.1, -0.05) is 0 Å². The normalized spacial score (nSPS) is 11.4. The van der Waals surface area contributed by atoms with Crippen LogP contribution in [0.15, 0.2) is 49.5 Å². The van der Waals surface area contributed by atoms with E-state index in [0.717, 1.165) is 5.56 Å². The Kier molecular flexibility index (Phi) is 5.38. The van der Waals surface area contributed by atoms with Crippen LogP contribution in [0.1, 0.15) is 5.56 Å². The first kappa shape index (κ1) is 18.5. The van der Waals surface area contributed by atoms with Gasteiger partial charge in [-0.25, -0.2) is 4.39 Å². The summed E-state index contributed by atoms with van der Waals surface area (Å²) in [5.41, 5.74) is 1.49. The standard InChI is InChI=1S/C17H12Br2FN3O3/c1-8-4-11(18)16(12(19)5-8)26-7-14(24)22-23-15-10-6-9(20)2-3-13(10)21-17(15)25/h2-6,21,25H,7H2,1H3. The van der Waals surface area contributed by atoms with Crippen molar-refractivity contribution >= 4 is 54.4 Å². The molecule has 0 saturated heterocycles. The zero-order valence-corrected chi connectivity index (χ0v) is 16.6. The van der Waals surface area contributed by atoms with Crippen LogP contribution in [0.4, 0.5) is 10.1 Å². The molecule has 9 heteroatoms. The topological polar surface area (TPSA) is 87.0 Å². The van der Waals surface area contributed by atoms with Crippen LogP contribution < -0.4 is 4.74 Å². The van der Waals surface area contributed by atoms with E-state index in [9.17, 15) is 14.3 Å². The number of benzene rings is 2. The quantitative estimate of drug-likeness (QED) is 0.477. The van der Waals surface area contributed by atoms with Crippen LogP contribution >= 0.6 is 31.9 Å². The average molecular weight is 485 g/mol. The lowest BCUT2D eigenvalue weighted by molar-refractivity contribution is -0.120. The third-order valence-electron chi connectivity index (χ3n) is 3.46. The molecule has 0 saturated carbocycles. The number of rotatable bonds is 4. The van der Waals surface area contributed by atoms with Crippen LogP contribution in [0.3, 0.4) is 0 Å². The lowest BCUT2D eigenvalue weighted by Crippen LogP contribution is -2.08. The minimum absolute atomic E-state index is 0.00875. The van der Waals surface area contributed by atoms with Gasteiger partial charge in [0, 0.05) is 5.39 Å². The van der Waals surface area contributed by atoms with Crippen molar-refractivity contribution in [2.75, 3.05) is 6.61 Å². The number of hydrogen-bond donors (Lipinski definition) is 2. The Hall–Kier alpha value is -2.26. The van der Waals surface area contributed by atoms with E-state index in [1.165, 1.54) is 18.2 Å². The summed E-state index contributed by atoms with van der Waals surface area (Å²) in [6.45, 7) is 1.58. The minimum atomic E-state index is -0.658. The first-order chi connectivity index (χ1) is 12.3. The monoisotopic (exact) mass is 483 g/mol. The number of aromatic nitrogens is 1. The summed E-state index contributed by atoms with van der Waals surface area (Å²) >= 11 is 6.74. The number of azo groups is 1. The highest BCUT2D eigenvalue weighted by molar-refractivity contribution is 9.11. The highest BCUT2D eigenvalue weighted by Crippen LogP contribution is 2.36. The molecule has 0 radical (unpaired) electrons. The molecule has 0 aliphatic carbocycles.